The van der Waals surface area contributed by atoms with E-state index < -0.39 is 58.4 Å². The number of amides is 3. The van der Waals surface area contributed by atoms with Crippen molar-refractivity contribution < 1.29 is 52.5 Å². The smallest absolute Gasteiger partial charge is 0.329 e. The first-order valence-electron chi connectivity index (χ1n) is 23.2. The zero-order valence-electron chi connectivity index (χ0n) is 42.1. The average Bonchev–Trinajstić information content (AvgIpc) is 3.61. The summed E-state index contributed by atoms with van der Waals surface area (Å²) in [5.41, 5.74) is -1.95. The lowest BCUT2D eigenvalue weighted by Gasteiger charge is -2.27. The third kappa shape index (κ3) is 26.9. The van der Waals surface area contributed by atoms with E-state index in [4.69, 9.17) is 30.1 Å². The summed E-state index contributed by atoms with van der Waals surface area (Å²) in [7, 11) is 0. The maximum absolute atomic E-state index is 13.3. The first-order valence-corrected chi connectivity index (χ1v) is 23.2. The van der Waals surface area contributed by atoms with Gasteiger partial charge in [0.2, 0.25) is 5.91 Å². The Morgan fingerprint density at radius 1 is 0.687 bits per heavy atom. The number of ether oxygens (including phenoxy) is 5. The van der Waals surface area contributed by atoms with Gasteiger partial charge in [-0.1, -0.05) is 24.5 Å². The fraction of sp³-hybridized carbons (Fsp3) is 0.660. The fourth-order valence-electron chi connectivity index (χ4n) is 6.48. The zero-order valence-corrected chi connectivity index (χ0v) is 42.1. The zero-order chi connectivity index (χ0) is 50.4. The lowest BCUT2D eigenvalue weighted by atomic mass is 10.1. The second-order valence-electron chi connectivity index (χ2n) is 20.5. The van der Waals surface area contributed by atoms with Crippen molar-refractivity contribution in [3.8, 4) is 18.1 Å². The molecule has 1 aromatic heterocycles. The number of urea groups is 1. The molecule has 0 saturated heterocycles. The molecule has 17 heteroatoms. The Balaban J connectivity index is 1.94. The number of carbonyl (C=O) groups is 6. The highest BCUT2D eigenvalue weighted by Gasteiger charge is 2.31. The van der Waals surface area contributed by atoms with Crippen molar-refractivity contribution >= 4 is 35.8 Å². The number of benzene rings is 1. The predicted molar refractivity (Wildman–Crippen MR) is 254 cm³/mol. The van der Waals surface area contributed by atoms with Gasteiger partial charge in [-0.25, -0.2) is 19.4 Å². The molecule has 0 saturated carbocycles. The maximum Gasteiger partial charge on any atom is 0.329 e. The summed E-state index contributed by atoms with van der Waals surface area (Å²) in [4.78, 5) is 84.2. The van der Waals surface area contributed by atoms with Crippen molar-refractivity contribution in [3.05, 3.63) is 48.0 Å². The Kier molecular flexibility index (Phi) is 23.4. The van der Waals surface area contributed by atoms with Gasteiger partial charge >= 0.3 is 29.9 Å². The standard InChI is InChI=1S/C50H78N6O11/c1-14-32-63-37-24-22-36(23-25-37)33-55(34-40-51-29-31-56(40)35-43(59)65-48(5,6)7)30-19-15-16-21-41(57)52-28-18-17-20-38(44(60)66-49(8,9)10)53-46(62)54-39(45(61)67-50(11,12)13)26-27-42(58)64-47(2,3)4/h1,22-25,29,31,38-39H,15-21,26-28,30,32-35H2,2-13H3,(H,52,57)(H2,53,54,62). The summed E-state index contributed by atoms with van der Waals surface area (Å²) in [5.74, 6) is 1.52. The van der Waals surface area contributed by atoms with Crippen molar-refractivity contribution in [1.29, 1.82) is 0 Å². The molecular formula is C50H78N6O11. The van der Waals surface area contributed by atoms with Gasteiger partial charge in [0.05, 0.1) is 6.54 Å². The number of nitrogens with one attached hydrogen (secondary N) is 3. The van der Waals surface area contributed by atoms with Gasteiger partial charge in [-0.3, -0.25) is 19.3 Å². The van der Waals surface area contributed by atoms with Crippen LogP contribution < -0.4 is 20.7 Å². The third-order valence-corrected chi connectivity index (χ3v) is 9.21. The van der Waals surface area contributed by atoms with Crippen molar-refractivity contribution in [3.63, 3.8) is 0 Å². The molecule has 1 aromatic carbocycles. The number of terminal acetylenes is 1. The number of nitrogens with zero attached hydrogens (tertiary/aromatic N) is 3. The minimum absolute atomic E-state index is 0.0484. The average molecular weight is 939 g/mol. The lowest BCUT2D eigenvalue weighted by Crippen LogP contribution is -2.53. The quantitative estimate of drug-likeness (QED) is 0.0379. The summed E-state index contributed by atoms with van der Waals surface area (Å²) in [6.45, 7) is 23.3. The molecule has 2 aromatic rings. The number of aromatic nitrogens is 2. The van der Waals surface area contributed by atoms with Crippen molar-refractivity contribution in [2.45, 2.75) is 195 Å². The summed E-state index contributed by atoms with van der Waals surface area (Å²) >= 11 is 0. The third-order valence-electron chi connectivity index (χ3n) is 9.21. The van der Waals surface area contributed by atoms with Crippen LogP contribution in [0.1, 0.15) is 152 Å². The summed E-state index contributed by atoms with van der Waals surface area (Å²) in [5, 5.41) is 8.16. The van der Waals surface area contributed by atoms with E-state index >= 15 is 0 Å². The minimum atomic E-state index is -1.20. The molecule has 0 bridgehead atoms. The van der Waals surface area contributed by atoms with E-state index in [1.54, 1.807) is 79.3 Å². The van der Waals surface area contributed by atoms with Crippen LogP contribution in [0.15, 0.2) is 36.7 Å². The molecule has 0 aliphatic heterocycles. The van der Waals surface area contributed by atoms with Crippen LogP contribution in [-0.4, -0.2) is 104 Å². The SMILES string of the molecule is C#CCOc1ccc(CN(CCCCCC(=O)NCCCCC(NC(=O)NC(CCC(=O)OC(C)(C)C)C(=O)OC(C)(C)C)C(=O)OC(C)(C)C)Cc2nccn2CC(=O)OC(C)(C)C)cc1. The number of esters is 4. The number of hydrogen-bond donors (Lipinski definition) is 3. The van der Waals surface area contributed by atoms with Crippen LogP contribution in [0.4, 0.5) is 4.79 Å². The Morgan fingerprint density at radius 2 is 1.25 bits per heavy atom. The van der Waals surface area contributed by atoms with E-state index in [0.29, 0.717) is 51.1 Å². The van der Waals surface area contributed by atoms with Gasteiger partial charge in [0, 0.05) is 38.3 Å². The molecule has 67 heavy (non-hydrogen) atoms. The molecule has 2 unspecified atom stereocenters. The topological polar surface area (TPSA) is 206 Å². The molecule has 1 heterocycles. The van der Waals surface area contributed by atoms with Crippen LogP contribution in [0.2, 0.25) is 0 Å². The van der Waals surface area contributed by atoms with Crippen LogP contribution in [0.3, 0.4) is 0 Å². The number of rotatable bonds is 26. The second kappa shape index (κ2) is 27.2. The Labute approximate surface area is 398 Å². The molecule has 3 amide bonds. The molecular weight excluding hydrogens is 861 g/mol. The van der Waals surface area contributed by atoms with E-state index in [1.165, 1.54) is 0 Å². The van der Waals surface area contributed by atoms with E-state index in [2.05, 4.69) is 31.8 Å². The molecule has 2 rings (SSSR count). The summed E-state index contributed by atoms with van der Waals surface area (Å²) in [6, 6.07) is 4.68. The van der Waals surface area contributed by atoms with Crippen LogP contribution in [0, 0.1) is 12.3 Å². The van der Waals surface area contributed by atoms with E-state index in [9.17, 15) is 28.8 Å². The Morgan fingerprint density at radius 3 is 1.82 bits per heavy atom. The van der Waals surface area contributed by atoms with E-state index in [1.807, 2.05) is 45.0 Å². The monoisotopic (exact) mass is 939 g/mol. The van der Waals surface area contributed by atoms with Gasteiger partial charge < -0.3 is 44.2 Å². The Bertz CT molecular complexity index is 1930. The second-order valence-corrected chi connectivity index (χ2v) is 20.5. The largest absolute Gasteiger partial charge is 0.481 e. The molecule has 17 nitrogen and oxygen atoms in total. The highest BCUT2D eigenvalue weighted by atomic mass is 16.6. The number of hydrogen-bond acceptors (Lipinski definition) is 13. The minimum Gasteiger partial charge on any atom is -0.481 e. The molecule has 374 valence electrons. The summed E-state index contributed by atoms with van der Waals surface area (Å²) in [6.07, 6.45) is 12.4. The van der Waals surface area contributed by atoms with Gasteiger partial charge in [-0.2, -0.15) is 0 Å². The van der Waals surface area contributed by atoms with Crippen molar-refractivity contribution in [2.24, 2.45) is 0 Å². The fourth-order valence-corrected chi connectivity index (χ4v) is 6.48. The number of carbonyl (C=O) groups excluding carboxylic acids is 6. The van der Waals surface area contributed by atoms with Gasteiger partial charge in [-0.05, 0) is 146 Å². The van der Waals surface area contributed by atoms with Gasteiger partial charge in [-0.15, -0.1) is 6.42 Å². The molecule has 0 fully saturated rings. The van der Waals surface area contributed by atoms with Crippen LogP contribution in [0.25, 0.3) is 0 Å². The normalized spacial score (nSPS) is 12.8. The van der Waals surface area contributed by atoms with Crippen LogP contribution >= 0.6 is 0 Å². The number of unbranched alkanes of at least 4 members (excludes halogenated alkanes) is 3. The highest BCUT2D eigenvalue weighted by molar-refractivity contribution is 5.87. The van der Waals surface area contributed by atoms with Crippen LogP contribution in [-0.2, 0) is 62.6 Å². The molecule has 0 aliphatic carbocycles. The van der Waals surface area contributed by atoms with Crippen LogP contribution in [0.5, 0.6) is 5.75 Å². The Hall–Kier alpha value is -5.63. The van der Waals surface area contributed by atoms with E-state index in [0.717, 1.165) is 30.8 Å². The highest BCUT2D eigenvalue weighted by Crippen LogP contribution is 2.18. The van der Waals surface area contributed by atoms with Gasteiger partial charge in [0.15, 0.2) is 0 Å². The van der Waals surface area contributed by atoms with Gasteiger partial charge in [0.1, 0.15) is 59.2 Å². The van der Waals surface area contributed by atoms with E-state index in [-0.39, 0.29) is 44.3 Å². The molecule has 2 atom stereocenters. The predicted octanol–water partition coefficient (Wildman–Crippen LogP) is 6.93. The first kappa shape index (κ1) is 57.5. The molecule has 0 aliphatic rings. The summed E-state index contributed by atoms with van der Waals surface area (Å²) < 4.78 is 29.3. The maximum atomic E-state index is 13.3. The molecule has 0 radical (unpaired) electrons. The van der Waals surface area contributed by atoms with Gasteiger partial charge in [0.25, 0.3) is 0 Å². The van der Waals surface area contributed by atoms with Crippen molar-refractivity contribution in [1.82, 2.24) is 30.4 Å². The lowest BCUT2D eigenvalue weighted by molar-refractivity contribution is -0.159. The molecule has 0 spiro atoms. The first-order chi connectivity index (χ1) is 31.1. The number of imidazole rings is 1. The molecule has 3 N–H and O–H groups in total. The van der Waals surface area contributed by atoms with Crippen molar-refractivity contribution in [2.75, 3.05) is 19.7 Å².